The Morgan fingerprint density at radius 2 is 1.94 bits per heavy atom. The van der Waals surface area contributed by atoms with Crippen molar-refractivity contribution in [3.8, 4) is 0 Å². The number of fused-ring (bicyclic) bond motifs is 2. The number of benzene rings is 2. The van der Waals surface area contributed by atoms with E-state index in [2.05, 4.69) is 29.2 Å². The van der Waals surface area contributed by atoms with Gasteiger partial charge in [0.25, 0.3) is 0 Å². The number of aryl methyl sites for hydroxylation is 1. The number of aliphatic imine (C=N–C) groups is 1. The number of amides is 1. The Balaban J connectivity index is 1.47. The van der Waals surface area contributed by atoms with Crippen molar-refractivity contribution in [2.75, 3.05) is 13.7 Å². The molecule has 3 aliphatic heterocycles. The number of hydrogen-bond acceptors (Lipinski definition) is 6. The Kier molecular flexibility index (Phi) is 6.52. The van der Waals surface area contributed by atoms with Crippen LogP contribution in [0.4, 0.5) is 0 Å². The minimum atomic E-state index is -0.388. The molecular weight excluding hydrogens is 458 g/mol. The minimum Gasteiger partial charge on any atom is -0.466 e. The van der Waals surface area contributed by atoms with Crippen molar-refractivity contribution in [1.82, 2.24) is 9.80 Å². The lowest BCUT2D eigenvalue weighted by molar-refractivity contribution is -0.136. The number of esters is 1. The Hall–Kier alpha value is -3.32. The van der Waals surface area contributed by atoms with E-state index in [0.29, 0.717) is 25.1 Å². The zero-order chi connectivity index (χ0) is 24.5. The second kappa shape index (κ2) is 9.74. The SMILES string of the molecule is CCC1=C(C(=O)OC)[C@H](c2cccc(C)c2)N2C(CC(=O)N3CCc4ccccc4C3)=CSC2=N1. The quantitative estimate of drug-likeness (QED) is 0.549. The summed E-state index contributed by atoms with van der Waals surface area (Å²) in [5.74, 6) is -0.299. The van der Waals surface area contributed by atoms with Crippen LogP contribution >= 0.6 is 11.8 Å². The van der Waals surface area contributed by atoms with E-state index < -0.39 is 0 Å². The molecule has 0 aliphatic carbocycles. The zero-order valence-electron chi connectivity index (χ0n) is 20.3. The van der Waals surface area contributed by atoms with E-state index in [1.807, 2.05) is 48.4 Å². The van der Waals surface area contributed by atoms with Crippen LogP contribution in [0.2, 0.25) is 0 Å². The molecule has 3 aliphatic rings. The van der Waals surface area contributed by atoms with Crippen molar-refractivity contribution in [1.29, 1.82) is 0 Å². The molecule has 0 saturated heterocycles. The molecule has 0 aromatic heterocycles. The number of amidine groups is 1. The van der Waals surface area contributed by atoms with Gasteiger partial charge in [-0.1, -0.05) is 72.8 Å². The fourth-order valence-corrected chi connectivity index (χ4v) is 5.98. The smallest absolute Gasteiger partial charge is 0.338 e. The first kappa shape index (κ1) is 23.4. The van der Waals surface area contributed by atoms with Gasteiger partial charge in [0, 0.05) is 18.8 Å². The van der Waals surface area contributed by atoms with Gasteiger partial charge in [0.1, 0.15) is 0 Å². The van der Waals surface area contributed by atoms with E-state index >= 15 is 0 Å². The fourth-order valence-electron chi connectivity index (χ4n) is 5.04. The number of carbonyl (C=O) groups is 2. The third-order valence-corrected chi connectivity index (χ3v) is 7.69. The van der Waals surface area contributed by atoms with E-state index in [-0.39, 0.29) is 24.3 Å². The van der Waals surface area contributed by atoms with Gasteiger partial charge >= 0.3 is 5.97 Å². The maximum absolute atomic E-state index is 13.4. The summed E-state index contributed by atoms with van der Waals surface area (Å²) in [4.78, 5) is 35.3. The van der Waals surface area contributed by atoms with Crippen LogP contribution in [0.5, 0.6) is 0 Å². The first-order valence-electron chi connectivity index (χ1n) is 12.0. The monoisotopic (exact) mass is 487 g/mol. The topological polar surface area (TPSA) is 62.2 Å². The molecule has 0 N–H and O–H groups in total. The lowest BCUT2D eigenvalue weighted by Gasteiger charge is -2.37. The largest absolute Gasteiger partial charge is 0.466 e. The third kappa shape index (κ3) is 4.41. The van der Waals surface area contributed by atoms with Crippen LogP contribution in [0.15, 0.2) is 75.9 Å². The average Bonchev–Trinajstić information content (AvgIpc) is 3.28. The molecule has 3 heterocycles. The second-order valence-electron chi connectivity index (χ2n) is 9.02. The fraction of sp³-hybridized carbons (Fsp3) is 0.321. The van der Waals surface area contributed by atoms with Gasteiger partial charge in [-0.25, -0.2) is 9.79 Å². The molecule has 2 aromatic rings. The molecule has 7 heteroatoms. The van der Waals surface area contributed by atoms with Crippen LogP contribution in [0.3, 0.4) is 0 Å². The molecular formula is C28H29N3O3S. The summed E-state index contributed by atoms with van der Waals surface area (Å²) in [5, 5.41) is 2.80. The lowest BCUT2D eigenvalue weighted by Crippen LogP contribution is -2.40. The van der Waals surface area contributed by atoms with Crippen LogP contribution in [-0.4, -0.2) is 40.5 Å². The maximum atomic E-state index is 13.4. The number of thioether (sulfide) groups is 1. The number of nitrogens with zero attached hydrogens (tertiary/aromatic N) is 3. The highest BCUT2D eigenvalue weighted by molar-refractivity contribution is 8.16. The van der Waals surface area contributed by atoms with E-state index in [4.69, 9.17) is 9.73 Å². The van der Waals surface area contributed by atoms with Gasteiger partial charge in [0.05, 0.1) is 30.8 Å². The molecule has 1 atom stereocenters. The number of methoxy groups -OCH3 is 1. The van der Waals surface area contributed by atoms with Crippen molar-refractivity contribution in [3.05, 3.63) is 93.2 Å². The van der Waals surface area contributed by atoms with Crippen LogP contribution in [0.25, 0.3) is 0 Å². The Morgan fingerprint density at radius 3 is 2.69 bits per heavy atom. The van der Waals surface area contributed by atoms with Gasteiger partial charge < -0.3 is 14.5 Å². The molecule has 0 spiro atoms. The van der Waals surface area contributed by atoms with E-state index in [1.165, 1.54) is 30.0 Å². The second-order valence-corrected chi connectivity index (χ2v) is 9.86. The van der Waals surface area contributed by atoms with E-state index in [9.17, 15) is 9.59 Å². The molecule has 0 bridgehead atoms. The molecule has 2 aromatic carbocycles. The highest BCUT2D eigenvalue weighted by Crippen LogP contribution is 2.45. The zero-order valence-corrected chi connectivity index (χ0v) is 21.1. The summed E-state index contributed by atoms with van der Waals surface area (Å²) >= 11 is 1.51. The van der Waals surface area contributed by atoms with Gasteiger partial charge in [-0.05, 0) is 41.9 Å². The van der Waals surface area contributed by atoms with Gasteiger partial charge in [-0.2, -0.15) is 0 Å². The van der Waals surface area contributed by atoms with E-state index in [1.54, 1.807) is 0 Å². The van der Waals surface area contributed by atoms with Crippen LogP contribution in [0, 0.1) is 6.92 Å². The van der Waals surface area contributed by atoms with Gasteiger partial charge in [-0.15, -0.1) is 0 Å². The summed E-state index contributed by atoms with van der Waals surface area (Å²) in [5.41, 5.74) is 6.75. The standard InChI is InChI=1S/C28H29N3O3S/c1-4-23-25(27(33)34-3)26(20-11-7-8-18(2)14-20)31-22(17-35-28(31)29-23)15-24(32)30-13-12-19-9-5-6-10-21(19)16-30/h5-11,14,17,26H,4,12-13,15-16H2,1-3H3/t26-/m0/s1. The van der Waals surface area contributed by atoms with Crippen molar-refractivity contribution in [2.24, 2.45) is 4.99 Å². The molecule has 180 valence electrons. The summed E-state index contributed by atoms with van der Waals surface area (Å²) in [7, 11) is 1.41. The maximum Gasteiger partial charge on any atom is 0.338 e. The van der Waals surface area contributed by atoms with Crippen molar-refractivity contribution >= 4 is 28.8 Å². The Morgan fingerprint density at radius 1 is 1.14 bits per heavy atom. The molecule has 35 heavy (non-hydrogen) atoms. The predicted molar refractivity (Wildman–Crippen MR) is 138 cm³/mol. The molecule has 5 rings (SSSR count). The van der Waals surface area contributed by atoms with Gasteiger partial charge in [0.2, 0.25) is 5.91 Å². The normalized spacial score (nSPS) is 19.1. The number of carbonyl (C=O) groups excluding carboxylic acids is 2. The summed E-state index contributed by atoms with van der Waals surface area (Å²) < 4.78 is 5.20. The summed E-state index contributed by atoms with van der Waals surface area (Å²) in [6, 6.07) is 16.1. The Bertz CT molecular complexity index is 1280. The van der Waals surface area contributed by atoms with Crippen LogP contribution in [-0.2, 0) is 27.3 Å². The minimum absolute atomic E-state index is 0.0838. The van der Waals surface area contributed by atoms with E-state index in [0.717, 1.165) is 34.1 Å². The third-order valence-electron chi connectivity index (χ3n) is 6.80. The van der Waals surface area contributed by atoms with Gasteiger partial charge in [0.15, 0.2) is 5.17 Å². The van der Waals surface area contributed by atoms with Crippen molar-refractivity contribution in [3.63, 3.8) is 0 Å². The Labute approximate surface area is 210 Å². The van der Waals surface area contributed by atoms with Gasteiger partial charge in [-0.3, -0.25) is 4.79 Å². The van der Waals surface area contributed by atoms with Crippen molar-refractivity contribution < 1.29 is 14.3 Å². The summed E-state index contributed by atoms with van der Waals surface area (Å²) in [6.07, 6.45) is 1.74. The highest BCUT2D eigenvalue weighted by Gasteiger charge is 2.41. The summed E-state index contributed by atoms with van der Waals surface area (Å²) in [6.45, 7) is 5.38. The molecule has 0 saturated carbocycles. The van der Waals surface area contributed by atoms with Crippen molar-refractivity contribution in [2.45, 2.75) is 45.7 Å². The lowest BCUT2D eigenvalue weighted by atomic mass is 9.92. The molecule has 1 amide bonds. The highest BCUT2D eigenvalue weighted by atomic mass is 32.2. The molecule has 0 radical (unpaired) electrons. The number of rotatable bonds is 5. The molecule has 0 unspecified atom stereocenters. The van der Waals surface area contributed by atoms with Crippen LogP contribution < -0.4 is 0 Å². The first-order chi connectivity index (χ1) is 17.0. The molecule has 6 nitrogen and oxygen atoms in total. The average molecular weight is 488 g/mol. The predicted octanol–water partition coefficient (Wildman–Crippen LogP) is 5.11. The number of hydrogen-bond donors (Lipinski definition) is 0. The number of allylic oxidation sites excluding steroid dienone is 1. The van der Waals surface area contributed by atoms with Crippen LogP contribution in [0.1, 0.15) is 48.1 Å². The number of ether oxygens (including phenoxy) is 1. The first-order valence-corrected chi connectivity index (χ1v) is 12.8. The molecule has 0 fully saturated rings.